The third-order valence-corrected chi connectivity index (χ3v) is 4.69. The minimum atomic E-state index is -1.56. The van der Waals surface area contributed by atoms with E-state index in [1.165, 1.54) is 6.07 Å². The predicted molar refractivity (Wildman–Crippen MR) is 120 cm³/mol. The number of carbonyl (C=O) groups excluding carboxylic acids is 2. The van der Waals surface area contributed by atoms with E-state index >= 15 is 0 Å². The summed E-state index contributed by atoms with van der Waals surface area (Å²) in [5.74, 6) is 2.78. The lowest BCUT2D eigenvalue weighted by atomic mass is 9.98. The van der Waals surface area contributed by atoms with Crippen molar-refractivity contribution < 1.29 is 19.1 Å². The van der Waals surface area contributed by atoms with Gasteiger partial charge in [-0.15, -0.1) is 0 Å². The Kier molecular flexibility index (Phi) is 7.06. The fourth-order valence-corrected chi connectivity index (χ4v) is 3.17. The highest BCUT2D eigenvalue weighted by Gasteiger charge is 2.36. The van der Waals surface area contributed by atoms with Crippen LogP contribution in [0.15, 0.2) is 52.4 Å². The van der Waals surface area contributed by atoms with E-state index < -0.39 is 29.1 Å². The summed E-state index contributed by atoms with van der Waals surface area (Å²) in [6.07, 6.45) is 0. The Bertz CT molecular complexity index is 1240. The highest BCUT2D eigenvalue weighted by molar-refractivity contribution is 6.47. The number of methoxy groups -OCH3 is 1. The van der Waals surface area contributed by atoms with Gasteiger partial charge in [-0.05, 0) is 49.4 Å². The first-order valence-electron chi connectivity index (χ1n) is 9.47. The minimum absolute atomic E-state index is 0.294. The van der Waals surface area contributed by atoms with Gasteiger partial charge in [0.05, 0.1) is 24.8 Å². The molecule has 0 aliphatic heterocycles. The number of fused-ring (bicyclic) bond motifs is 1. The molecule has 0 unspecified atom stereocenters. The molecule has 0 aliphatic rings. The van der Waals surface area contributed by atoms with Crippen LogP contribution in [0, 0.1) is 0 Å². The van der Waals surface area contributed by atoms with Crippen molar-refractivity contribution in [3.05, 3.63) is 63.5 Å². The number of esters is 1. The summed E-state index contributed by atoms with van der Waals surface area (Å²) in [7, 11) is 1.11. The maximum Gasteiger partial charge on any atom is 0.321 e. The molecule has 1 atom stereocenters. The lowest BCUT2D eigenvalue weighted by Crippen LogP contribution is -2.38. The van der Waals surface area contributed by atoms with E-state index in [4.69, 9.17) is 26.9 Å². The van der Waals surface area contributed by atoms with Crippen molar-refractivity contribution in [1.29, 1.82) is 0 Å². The second-order valence-corrected chi connectivity index (χ2v) is 6.93. The van der Waals surface area contributed by atoms with Gasteiger partial charge in [-0.3, -0.25) is 14.4 Å². The Labute approximate surface area is 187 Å². The second-order valence-electron chi connectivity index (χ2n) is 6.49. The Morgan fingerprint density at radius 3 is 2.59 bits per heavy atom. The number of amides is 1. The first-order chi connectivity index (χ1) is 15.4. The lowest BCUT2D eigenvalue weighted by Gasteiger charge is -2.16. The summed E-state index contributed by atoms with van der Waals surface area (Å²) in [5.41, 5.74) is -0.348. The molecule has 1 heterocycles. The molecule has 0 bridgehead atoms. The van der Waals surface area contributed by atoms with Crippen molar-refractivity contribution in [2.45, 2.75) is 12.8 Å². The zero-order valence-corrected chi connectivity index (χ0v) is 18.0. The molecular weight excluding hydrogens is 438 g/mol. The number of hydrogen-bond donors (Lipinski definition) is 3. The van der Waals surface area contributed by atoms with E-state index in [2.05, 4.69) is 20.4 Å². The molecule has 0 spiro atoms. The molecule has 2 aromatic carbocycles. The number of H-pyrrole nitrogens is 1. The summed E-state index contributed by atoms with van der Waals surface area (Å²) in [5, 5.41) is 6.46. The number of carbonyl (C=O) groups is 2. The number of ether oxygens (including phenoxy) is 2. The van der Waals surface area contributed by atoms with Crippen molar-refractivity contribution in [3.8, 4) is 5.75 Å². The number of halogens is 1. The third-order valence-electron chi connectivity index (χ3n) is 4.46. The van der Waals surface area contributed by atoms with Crippen molar-refractivity contribution in [1.82, 2.24) is 9.97 Å². The predicted octanol–water partition coefficient (Wildman–Crippen LogP) is 2.19. The molecule has 0 saturated carbocycles. The van der Waals surface area contributed by atoms with Crippen LogP contribution in [0.25, 0.3) is 11.0 Å². The number of aromatic amines is 1. The monoisotopic (exact) mass is 457 g/mol. The summed E-state index contributed by atoms with van der Waals surface area (Å²) in [4.78, 5) is 45.0. The van der Waals surface area contributed by atoms with Gasteiger partial charge in [0.2, 0.25) is 0 Å². The van der Waals surface area contributed by atoms with Gasteiger partial charge in [-0.2, -0.15) is 5.10 Å². The molecule has 11 heteroatoms. The van der Waals surface area contributed by atoms with E-state index in [0.29, 0.717) is 34.1 Å². The number of nitrogens with two attached hydrogens (primary N) is 1. The molecule has 0 aliphatic carbocycles. The van der Waals surface area contributed by atoms with Gasteiger partial charge in [-0.25, -0.2) is 4.98 Å². The van der Waals surface area contributed by atoms with E-state index in [9.17, 15) is 14.4 Å². The van der Waals surface area contributed by atoms with Crippen LogP contribution in [0.2, 0.25) is 5.02 Å². The standard InChI is InChI=1S/C21H20ClN5O5/c1-3-32-13-7-5-12(6-8-13)24-20(29)18(27-23)16(21(30)31-2)17-19(28)26-15-10-11(22)4-9-14(15)25-17/h4-10,16H,3,23H2,1-2H3,(H,24,29)(H,26,28)/b27-18-/t16-/m1/s1. The second kappa shape index (κ2) is 9.92. The van der Waals surface area contributed by atoms with Gasteiger partial charge in [0.15, 0.2) is 5.92 Å². The van der Waals surface area contributed by atoms with Gasteiger partial charge < -0.3 is 25.6 Å². The van der Waals surface area contributed by atoms with Crippen molar-refractivity contribution in [3.63, 3.8) is 0 Å². The average molecular weight is 458 g/mol. The Morgan fingerprint density at radius 2 is 1.97 bits per heavy atom. The SMILES string of the molecule is CCOc1ccc(NC(=O)/C(=N\N)[C@H](C(=O)OC)c2nc3ccc(Cl)cc3[nH]c2=O)cc1. The average Bonchev–Trinajstić information content (AvgIpc) is 2.78. The Balaban J connectivity index is 1.98. The number of nitrogens with zero attached hydrogens (tertiary/aromatic N) is 2. The molecule has 4 N–H and O–H groups in total. The number of hydrogen-bond acceptors (Lipinski definition) is 8. The lowest BCUT2D eigenvalue weighted by molar-refractivity contribution is -0.141. The maximum absolute atomic E-state index is 12.9. The summed E-state index contributed by atoms with van der Waals surface area (Å²) in [6, 6.07) is 11.2. The van der Waals surface area contributed by atoms with Crippen molar-refractivity contribution >= 4 is 45.9 Å². The number of aromatic nitrogens is 2. The molecule has 3 aromatic rings. The highest BCUT2D eigenvalue weighted by atomic mass is 35.5. The number of hydrazone groups is 1. The normalized spacial score (nSPS) is 12.3. The molecule has 1 aromatic heterocycles. The van der Waals surface area contributed by atoms with Gasteiger partial charge in [-0.1, -0.05) is 11.6 Å². The largest absolute Gasteiger partial charge is 0.494 e. The topological polar surface area (TPSA) is 149 Å². The molecule has 32 heavy (non-hydrogen) atoms. The van der Waals surface area contributed by atoms with Gasteiger partial charge >= 0.3 is 5.97 Å². The first kappa shape index (κ1) is 22.8. The molecule has 0 saturated heterocycles. The Hall–Kier alpha value is -3.92. The van der Waals surface area contributed by atoms with Crippen molar-refractivity contribution in [2.75, 3.05) is 19.0 Å². The van der Waals surface area contributed by atoms with Crippen LogP contribution in [-0.4, -0.2) is 41.3 Å². The van der Waals surface area contributed by atoms with Crippen LogP contribution in [0.3, 0.4) is 0 Å². The molecular formula is C21H20ClN5O5. The van der Waals surface area contributed by atoms with Crippen LogP contribution in [0.1, 0.15) is 18.5 Å². The van der Waals surface area contributed by atoms with E-state index in [-0.39, 0.29) is 5.69 Å². The van der Waals surface area contributed by atoms with Crippen LogP contribution < -0.4 is 21.5 Å². The molecule has 1 amide bonds. The van der Waals surface area contributed by atoms with Crippen LogP contribution in [0.4, 0.5) is 5.69 Å². The fraction of sp³-hybridized carbons (Fsp3) is 0.190. The van der Waals surface area contributed by atoms with E-state index in [1.807, 2.05) is 6.92 Å². The van der Waals surface area contributed by atoms with Crippen LogP contribution in [-0.2, 0) is 14.3 Å². The molecule has 0 fully saturated rings. The first-order valence-corrected chi connectivity index (χ1v) is 9.85. The number of rotatable bonds is 7. The highest BCUT2D eigenvalue weighted by Crippen LogP contribution is 2.21. The molecule has 166 valence electrons. The number of nitrogens with one attached hydrogen (secondary N) is 2. The Morgan fingerprint density at radius 1 is 1.25 bits per heavy atom. The number of benzene rings is 2. The molecule has 3 rings (SSSR count). The van der Waals surface area contributed by atoms with Crippen LogP contribution in [0.5, 0.6) is 5.75 Å². The van der Waals surface area contributed by atoms with Gasteiger partial charge in [0.1, 0.15) is 17.2 Å². The van der Waals surface area contributed by atoms with Crippen molar-refractivity contribution in [2.24, 2.45) is 10.9 Å². The quantitative estimate of drug-likeness (QED) is 0.213. The zero-order chi connectivity index (χ0) is 23.3. The maximum atomic E-state index is 12.9. The van der Waals surface area contributed by atoms with E-state index in [1.54, 1.807) is 36.4 Å². The van der Waals surface area contributed by atoms with E-state index in [0.717, 1.165) is 7.11 Å². The summed E-state index contributed by atoms with van der Waals surface area (Å²) >= 11 is 5.94. The van der Waals surface area contributed by atoms with Gasteiger partial charge in [0, 0.05) is 10.7 Å². The molecule has 0 radical (unpaired) electrons. The fourth-order valence-electron chi connectivity index (χ4n) is 3.00. The van der Waals surface area contributed by atoms with Crippen LogP contribution >= 0.6 is 11.6 Å². The zero-order valence-electron chi connectivity index (χ0n) is 17.2. The third kappa shape index (κ3) is 4.86. The van der Waals surface area contributed by atoms with Gasteiger partial charge in [0.25, 0.3) is 11.5 Å². The molecule has 10 nitrogen and oxygen atoms in total. The summed E-state index contributed by atoms with van der Waals surface area (Å²) < 4.78 is 10.2. The smallest absolute Gasteiger partial charge is 0.321 e. The number of anilines is 1. The summed E-state index contributed by atoms with van der Waals surface area (Å²) in [6.45, 7) is 2.35. The minimum Gasteiger partial charge on any atom is -0.494 e.